The van der Waals surface area contributed by atoms with Crippen molar-refractivity contribution < 1.29 is 9.59 Å². The molecule has 4 heterocycles. The molecular formula is C28H42N4O2S. The molecule has 35 heavy (non-hydrogen) atoms. The van der Waals surface area contributed by atoms with E-state index in [4.69, 9.17) is 0 Å². The number of piperidine rings is 1. The third kappa shape index (κ3) is 4.91. The third-order valence-corrected chi connectivity index (χ3v) is 9.54. The first-order chi connectivity index (χ1) is 16.7. The number of carbonyl (C=O) groups is 2. The Kier molecular flexibility index (Phi) is 7.01. The Hall–Kier alpha value is -1.86. The number of hydrogen-bond acceptors (Lipinski definition) is 4. The zero-order valence-electron chi connectivity index (χ0n) is 21.9. The van der Waals surface area contributed by atoms with Crippen LogP contribution in [0.2, 0.25) is 0 Å². The molecule has 3 atom stereocenters. The van der Waals surface area contributed by atoms with Gasteiger partial charge in [-0.2, -0.15) is 0 Å². The largest absolute Gasteiger partial charge is 0.351 e. The van der Waals surface area contributed by atoms with Gasteiger partial charge in [-0.05, 0) is 87.3 Å². The molecule has 2 aliphatic heterocycles. The van der Waals surface area contributed by atoms with E-state index >= 15 is 0 Å². The normalized spacial score (nSPS) is 32.1. The van der Waals surface area contributed by atoms with Crippen LogP contribution in [0.1, 0.15) is 76.7 Å². The van der Waals surface area contributed by atoms with Crippen molar-refractivity contribution in [3.63, 3.8) is 0 Å². The number of thiophene rings is 1. The van der Waals surface area contributed by atoms with Gasteiger partial charge in [0.25, 0.3) is 5.91 Å². The summed E-state index contributed by atoms with van der Waals surface area (Å²) in [5.41, 5.74) is 0.910. The lowest BCUT2D eigenvalue weighted by molar-refractivity contribution is -0.133. The fraction of sp³-hybridized carbons (Fsp3) is 0.714. The summed E-state index contributed by atoms with van der Waals surface area (Å²) in [6.07, 6.45) is 6.58. The molecule has 1 saturated carbocycles. The SMILES string of the molecule is CC1CCC(NC(=O)[C@]2(C)Cn3c(cc4sccc43)C(=O)N2CCCN2C[C@H](C)C[C@H](C)C2)CC1. The summed E-state index contributed by atoms with van der Waals surface area (Å²) in [6, 6.07) is 4.31. The number of likely N-dealkylation sites (tertiary alicyclic amines) is 1. The summed E-state index contributed by atoms with van der Waals surface area (Å²) in [5.74, 6) is 2.19. The molecule has 6 nitrogen and oxygen atoms in total. The van der Waals surface area contributed by atoms with Crippen molar-refractivity contribution >= 4 is 33.4 Å². The van der Waals surface area contributed by atoms with Crippen molar-refractivity contribution in [3.05, 3.63) is 23.2 Å². The number of nitrogens with zero attached hydrogens (tertiary/aromatic N) is 3. The van der Waals surface area contributed by atoms with E-state index in [1.807, 2.05) is 17.9 Å². The molecule has 0 radical (unpaired) electrons. The molecule has 2 aromatic rings. The molecule has 0 aromatic carbocycles. The van der Waals surface area contributed by atoms with E-state index in [-0.39, 0.29) is 17.9 Å². The van der Waals surface area contributed by atoms with E-state index in [1.165, 1.54) is 6.42 Å². The van der Waals surface area contributed by atoms with E-state index in [2.05, 4.69) is 47.0 Å². The first-order valence-corrected chi connectivity index (χ1v) is 14.5. The Bertz CT molecular complexity index is 1060. The van der Waals surface area contributed by atoms with Crippen molar-refractivity contribution in [2.24, 2.45) is 17.8 Å². The molecule has 0 bridgehead atoms. The van der Waals surface area contributed by atoms with Gasteiger partial charge in [0.15, 0.2) is 0 Å². The maximum absolute atomic E-state index is 13.9. The van der Waals surface area contributed by atoms with Gasteiger partial charge in [-0.25, -0.2) is 0 Å². The molecule has 3 aliphatic rings. The average molecular weight is 499 g/mol. The summed E-state index contributed by atoms with van der Waals surface area (Å²) in [5, 5.41) is 5.43. The minimum atomic E-state index is -0.885. The Morgan fingerprint density at radius 2 is 1.80 bits per heavy atom. The Morgan fingerprint density at radius 1 is 1.09 bits per heavy atom. The standard InChI is InChI=1S/C28H42N4O2S/c1-19-6-8-22(9-7-19)29-27(34)28(4)18-31-23-10-13-35-25(23)15-24(31)26(33)32(28)12-5-11-30-16-20(2)14-21(3)17-30/h10,13,15,19-22H,5-9,11-12,14,16-18H2,1-4H3,(H,29,34)/t19?,20-,21+,22?,28-/m0/s1. The monoisotopic (exact) mass is 498 g/mol. The number of carbonyl (C=O) groups excluding carboxylic acids is 2. The average Bonchev–Trinajstić information content (AvgIpc) is 3.39. The zero-order valence-corrected chi connectivity index (χ0v) is 22.7. The quantitative estimate of drug-likeness (QED) is 0.611. The molecule has 0 spiro atoms. The van der Waals surface area contributed by atoms with Crippen LogP contribution < -0.4 is 5.32 Å². The minimum Gasteiger partial charge on any atom is -0.351 e. The first kappa shape index (κ1) is 24.8. The smallest absolute Gasteiger partial charge is 0.271 e. The molecule has 2 fully saturated rings. The Morgan fingerprint density at radius 3 is 2.51 bits per heavy atom. The number of nitrogens with one attached hydrogen (secondary N) is 1. The highest BCUT2D eigenvalue weighted by atomic mass is 32.1. The van der Waals surface area contributed by atoms with Crippen molar-refractivity contribution in [1.29, 1.82) is 0 Å². The third-order valence-electron chi connectivity index (χ3n) is 8.69. The second kappa shape index (κ2) is 9.89. The number of amides is 2. The molecular weight excluding hydrogens is 456 g/mol. The van der Waals surface area contributed by atoms with Crippen LogP contribution in [0.5, 0.6) is 0 Å². The van der Waals surface area contributed by atoms with Crippen LogP contribution >= 0.6 is 11.3 Å². The fourth-order valence-corrected chi connectivity index (χ4v) is 7.62. The van der Waals surface area contributed by atoms with Gasteiger partial charge >= 0.3 is 0 Å². The van der Waals surface area contributed by atoms with Crippen LogP contribution in [0, 0.1) is 17.8 Å². The van der Waals surface area contributed by atoms with Gasteiger partial charge in [0.1, 0.15) is 11.2 Å². The molecule has 1 N–H and O–H groups in total. The van der Waals surface area contributed by atoms with Gasteiger partial charge in [0.2, 0.25) is 5.91 Å². The highest BCUT2D eigenvalue weighted by Crippen LogP contribution is 2.35. The Balaban J connectivity index is 1.35. The van der Waals surface area contributed by atoms with Gasteiger partial charge in [-0.1, -0.05) is 20.8 Å². The van der Waals surface area contributed by atoms with E-state index in [0.29, 0.717) is 13.1 Å². The number of rotatable bonds is 6. The highest BCUT2D eigenvalue weighted by molar-refractivity contribution is 7.17. The van der Waals surface area contributed by atoms with Crippen LogP contribution in [0.3, 0.4) is 0 Å². The van der Waals surface area contributed by atoms with Crippen LogP contribution in [0.4, 0.5) is 0 Å². The van der Waals surface area contributed by atoms with Crippen molar-refractivity contribution in [2.75, 3.05) is 26.2 Å². The van der Waals surface area contributed by atoms with Crippen molar-refractivity contribution in [3.8, 4) is 0 Å². The second-order valence-corrected chi connectivity index (χ2v) is 13.0. The number of hydrogen-bond donors (Lipinski definition) is 1. The van der Waals surface area contributed by atoms with Crippen molar-refractivity contribution in [2.45, 2.75) is 84.3 Å². The summed E-state index contributed by atoms with van der Waals surface area (Å²) in [6.45, 7) is 13.3. The molecule has 7 heteroatoms. The van der Waals surface area contributed by atoms with Crippen LogP contribution in [0.15, 0.2) is 17.5 Å². The molecule has 192 valence electrons. The Labute approximate surface area is 214 Å². The summed E-state index contributed by atoms with van der Waals surface area (Å²) < 4.78 is 3.21. The second-order valence-electron chi connectivity index (χ2n) is 12.0. The van der Waals surface area contributed by atoms with E-state index < -0.39 is 5.54 Å². The summed E-state index contributed by atoms with van der Waals surface area (Å²) in [4.78, 5) is 32.1. The van der Waals surface area contributed by atoms with E-state index in [1.54, 1.807) is 11.3 Å². The molecule has 0 unspecified atom stereocenters. The predicted molar refractivity (Wildman–Crippen MR) is 143 cm³/mol. The maximum atomic E-state index is 13.9. The highest BCUT2D eigenvalue weighted by Gasteiger charge is 2.48. The number of fused-ring (bicyclic) bond motifs is 3. The molecule has 1 saturated heterocycles. The van der Waals surface area contributed by atoms with Crippen LogP contribution in [-0.2, 0) is 11.3 Å². The van der Waals surface area contributed by atoms with Crippen LogP contribution in [0.25, 0.3) is 10.2 Å². The molecule has 5 rings (SSSR count). The molecule has 2 aromatic heterocycles. The topological polar surface area (TPSA) is 57.6 Å². The van der Waals surface area contributed by atoms with Crippen molar-refractivity contribution in [1.82, 2.24) is 19.7 Å². The van der Waals surface area contributed by atoms with Gasteiger partial charge in [-0.15, -0.1) is 11.3 Å². The summed E-state index contributed by atoms with van der Waals surface area (Å²) >= 11 is 1.66. The first-order valence-electron chi connectivity index (χ1n) is 13.7. The lowest BCUT2D eigenvalue weighted by atomic mass is 9.86. The van der Waals surface area contributed by atoms with E-state index in [9.17, 15) is 9.59 Å². The lowest BCUT2D eigenvalue weighted by Crippen LogP contribution is -2.65. The summed E-state index contributed by atoms with van der Waals surface area (Å²) in [7, 11) is 0. The van der Waals surface area contributed by atoms with Gasteiger partial charge < -0.3 is 19.7 Å². The lowest BCUT2D eigenvalue weighted by Gasteiger charge is -2.45. The van der Waals surface area contributed by atoms with Crippen LogP contribution in [-0.4, -0.2) is 63.9 Å². The maximum Gasteiger partial charge on any atom is 0.271 e. The van der Waals surface area contributed by atoms with Gasteiger partial charge in [0, 0.05) is 25.7 Å². The fourth-order valence-electron chi connectivity index (χ4n) is 6.80. The minimum absolute atomic E-state index is 0.00468. The van der Waals surface area contributed by atoms with Gasteiger partial charge in [-0.3, -0.25) is 9.59 Å². The predicted octanol–water partition coefficient (Wildman–Crippen LogP) is 4.98. The number of aromatic nitrogens is 1. The zero-order chi connectivity index (χ0) is 24.7. The van der Waals surface area contributed by atoms with E-state index in [0.717, 1.165) is 85.4 Å². The molecule has 2 amide bonds. The molecule has 1 aliphatic carbocycles. The van der Waals surface area contributed by atoms with Gasteiger partial charge in [0.05, 0.1) is 16.8 Å².